The molecule has 1 aromatic rings. The van der Waals surface area contributed by atoms with Gasteiger partial charge in [0.05, 0.1) is 11.6 Å². The number of carboxylic acid groups (broad SMARTS) is 1. The number of para-hydroxylation sites is 1. The minimum atomic E-state index is -1.36. The number of hydrogen-bond donors (Lipinski definition) is 2. The number of halogens is 1. The molecule has 1 unspecified atom stereocenters. The average Bonchev–Trinajstić information content (AvgIpc) is 2.88. The predicted molar refractivity (Wildman–Crippen MR) is 70.9 cm³/mol. The Kier molecular flexibility index (Phi) is 4.46. The van der Waals surface area contributed by atoms with E-state index in [1.54, 1.807) is 24.3 Å². The van der Waals surface area contributed by atoms with Crippen molar-refractivity contribution in [2.75, 3.05) is 19.8 Å². The van der Waals surface area contributed by atoms with Crippen molar-refractivity contribution >= 4 is 23.5 Å². The van der Waals surface area contributed by atoms with Crippen molar-refractivity contribution in [2.45, 2.75) is 12.0 Å². The van der Waals surface area contributed by atoms with Crippen molar-refractivity contribution in [3.63, 3.8) is 0 Å². The van der Waals surface area contributed by atoms with Crippen molar-refractivity contribution in [1.29, 1.82) is 0 Å². The minimum absolute atomic E-state index is 0.0415. The molecule has 2 rings (SSSR count). The summed E-state index contributed by atoms with van der Waals surface area (Å²) >= 11 is 5.88. The number of rotatable bonds is 5. The highest BCUT2D eigenvalue weighted by molar-refractivity contribution is 6.32. The lowest BCUT2D eigenvalue weighted by Crippen LogP contribution is -2.56. The van der Waals surface area contributed by atoms with Gasteiger partial charge in [-0.2, -0.15) is 0 Å². The van der Waals surface area contributed by atoms with Crippen LogP contribution < -0.4 is 10.1 Å². The van der Waals surface area contributed by atoms with Crippen LogP contribution in [0.3, 0.4) is 0 Å². The average molecular weight is 300 g/mol. The summed E-state index contributed by atoms with van der Waals surface area (Å²) in [5, 5.41) is 12.0. The molecule has 1 aliphatic heterocycles. The van der Waals surface area contributed by atoms with E-state index >= 15 is 0 Å². The molecular formula is C13H14ClNO5. The molecule has 0 saturated carbocycles. The van der Waals surface area contributed by atoms with E-state index in [1.165, 1.54) is 0 Å². The van der Waals surface area contributed by atoms with Gasteiger partial charge in [0.15, 0.2) is 12.1 Å². The monoisotopic (exact) mass is 299 g/mol. The van der Waals surface area contributed by atoms with E-state index in [1.807, 2.05) is 0 Å². The first-order chi connectivity index (χ1) is 9.53. The van der Waals surface area contributed by atoms with E-state index in [0.717, 1.165) is 0 Å². The van der Waals surface area contributed by atoms with Crippen LogP contribution in [0.4, 0.5) is 0 Å². The first-order valence-electron chi connectivity index (χ1n) is 6.03. The van der Waals surface area contributed by atoms with Crippen LogP contribution in [-0.4, -0.2) is 42.3 Å². The van der Waals surface area contributed by atoms with Crippen molar-refractivity contribution in [3.8, 4) is 5.75 Å². The summed E-state index contributed by atoms with van der Waals surface area (Å²) in [7, 11) is 0. The molecule has 108 valence electrons. The molecule has 1 aromatic carbocycles. The summed E-state index contributed by atoms with van der Waals surface area (Å²) in [5.74, 6) is -1.27. The molecule has 0 bridgehead atoms. The Balaban J connectivity index is 1.92. The molecule has 2 N–H and O–H groups in total. The largest absolute Gasteiger partial charge is 0.482 e. The Bertz CT molecular complexity index is 513. The van der Waals surface area contributed by atoms with Gasteiger partial charge in [-0.05, 0) is 12.1 Å². The quantitative estimate of drug-likeness (QED) is 0.850. The Hall–Kier alpha value is -1.79. The number of benzene rings is 1. The molecule has 1 saturated heterocycles. The summed E-state index contributed by atoms with van der Waals surface area (Å²) < 4.78 is 10.3. The second-order valence-electron chi connectivity index (χ2n) is 4.46. The maximum atomic E-state index is 11.8. The number of nitrogens with one attached hydrogen (secondary N) is 1. The summed E-state index contributed by atoms with van der Waals surface area (Å²) in [6, 6.07) is 6.73. The summed E-state index contributed by atoms with van der Waals surface area (Å²) in [6.07, 6.45) is 0.236. The third-order valence-electron chi connectivity index (χ3n) is 3.01. The lowest BCUT2D eigenvalue weighted by Gasteiger charge is -2.23. The lowest BCUT2D eigenvalue weighted by atomic mass is 9.99. The fourth-order valence-electron chi connectivity index (χ4n) is 1.89. The van der Waals surface area contributed by atoms with E-state index in [2.05, 4.69) is 5.32 Å². The number of carboxylic acids is 1. The van der Waals surface area contributed by atoms with Gasteiger partial charge in [-0.15, -0.1) is 0 Å². The van der Waals surface area contributed by atoms with Gasteiger partial charge in [0.2, 0.25) is 0 Å². The van der Waals surface area contributed by atoms with E-state index in [4.69, 9.17) is 21.1 Å². The van der Waals surface area contributed by atoms with E-state index in [-0.39, 0.29) is 19.6 Å². The zero-order valence-corrected chi connectivity index (χ0v) is 11.4. The van der Waals surface area contributed by atoms with Crippen LogP contribution in [0.2, 0.25) is 5.02 Å². The zero-order chi connectivity index (χ0) is 14.6. The molecule has 1 atom stereocenters. The number of carbonyl (C=O) groups excluding carboxylic acids is 1. The van der Waals surface area contributed by atoms with Crippen molar-refractivity contribution in [1.82, 2.24) is 5.32 Å². The predicted octanol–water partition coefficient (Wildman–Crippen LogP) is 1.08. The van der Waals surface area contributed by atoms with Crippen molar-refractivity contribution < 1.29 is 24.2 Å². The fraction of sp³-hybridized carbons (Fsp3) is 0.385. The van der Waals surface area contributed by atoms with Crippen LogP contribution in [0.1, 0.15) is 6.42 Å². The van der Waals surface area contributed by atoms with Crippen LogP contribution in [0, 0.1) is 0 Å². The lowest BCUT2D eigenvalue weighted by molar-refractivity contribution is -0.148. The maximum absolute atomic E-state index is 11.8. The standard InChI is InChI=1S/C13H14ClNO5/c14-9-3-1-2-4-10(9)20-7-11(16)15-13(12(17)18)5-6-19-8-13/h1-4H,5-8H2,(H,15,16)(H,17,18). The number of hydrogen-bond acceptors (Lipinski definition) is 4. The second-order valence-corrected chi connectivity index (χ2v) is 4.86. The topological polar surface area (TPSA) is 84.9 Å². The van der Waals surface area contributed by atoms with Gasteiger partial charge in [-0.1, -0.05) is 23.7 Å². The van der Waals surface area contributed by atoms with Crippen molar-refractivity contribution in [3.05, 3.63) is 29.3 Å². The molecule has 0 aliphatic carbocycles. The first kappa shape index (κ1) is 14.6. The Morgan fingerprint density at radius 1 is 1.45 bits per heavy atom. The second kappa shape index (κ2) is 6.11. The van der Waals surface area contributed by atoms with Crippen LogP contribution in [0.25, 0.3) is 0 Å². The molecule has 6 nitrogen and oxygen atoms in total. The number of aliphatic carboxylic acids is 1. The number of amides is 1. The molecule has 0 aromatic heterocycles. The summed E-state index contributed by atoms with van der Waals surface area (Å²) in [6.45, 7) is -0.0448. The zero-order valence-electron chi connectivity index (χ0n) is 10.6. The first-order valence-corrected chi connectivity index (χ1v) is 6.41. The summed E-state index contributed by atoms with van der Waals surface area (Å²) in [4.78, 5) is 23.0. The Labute approximate surface area is 120 Å². The molecule has 1 aliphatic rings. The molecule has 0 radical (unpaired) electrons. The van der Waals surface area contributed by atoms with E-state index in [0.29, 0.717) is 17.4 Å². The number of carbonyl (C=O) groups is 2. The Morgan fingerprint density at radius 3 is 2.80 bits per heavy atom. The maximum Gasteiger partial charge on any atom is 0.331 e. The molecule has 0 spiro atoms. The third kappa shape index (κ3) is 3.20. The van der Waals surface area contributed by atoms with Crippen LogP contribution in [-0.2, 0) is 14.3 Å². The molecule has 1 fully saturated rings. The highest BCUT2D eigenvalue weighted by Gasteiger charge is 2.43. The molecule has 7 heteroatoms. The van der Waals surface area contributed by atoms with Crippen LogP contribution in [0.5, 0.6) is 5.75 Å². The SMILES string of the molecule is O=C(COc1ccccc1Cl)NC1(C(=O)O)CCOC1. The highest BCUT2D eigenvalue weighted by atomic mass is 35.5. The molecule has 1 heterocycles. The smallest absolute Gasteiger partial charge is 0.331 e. The van der Waals surface area contributed by atoms with Gasteiger partial charge in [0, 0.05) is 13.0 Å². The molecular weight excluding hydrogens is 286 g/mol. The molecule has 20 heavy (non-hydrogen) atoms. The fourth-order valence-corrected chi connectivity index (χ4v) is 2.08. The normalized spacial score (nSPS) is 21.4. The van der Waals surface area contributed by atoms with Gasteiger partial charge < -0.3 is 19.9 Å². The van der Waals surface area contributed by atoms with Gasteiger partial charge in [-0.25, -0.2) is 4.79 Å². The molecule has 1 amide bonds. The Morgan fingerprint density at radius 2 is 2.20 bits per heavy atom. The van der Waals surface area contributed by atoms with Crippen LogP contribution >= 0.6 is 11.6 Å². The van der Waals surface area contributed by atoms with Gasteiger partial charge in [0.25, 0.3) is 5.91 Å². The van der Waals surface area contributed by atoms with Gasteiger partial charge >= 0.3 is 5.97 Å². The van der Waals surface area contributed by atoms with E-state index in [9.17, 15) is 14.7 Å². The highest BCUT2D eigenvalue weighted by Crippen LogP contribution is 2.23. The van der Waals surface area contributed by atoms with Crippen molar-refractivity contribution in [2.24, 2.45) is 0 Å². The minimum Gasteiger partial charge on any atom is -0.482 e. The van der Waals surface area contributed by atoms with Gasteiger partial charge in [0.1, 0.15) is 5.75 Å². The van der Waals surface area contributed by atoms with E-state index < -0.39 is 17.4 Å². The van der Waals surface area contributed by atoms with Crippen LogP contribution in [0.15, 0.2) is 24.3 Å². The number of ether oxygens (including phenoxy) is 2. The third-order valence-corrected chi connectivity index (χ3v) is 3.32. The summed E-state index contributed by atoms with van der Waals surface area (Å²) in [5.41, 5.74) is -1.36. The van der Waals surface area contributed by atoms with Gasteiger partial charge in [-0.3, -0.25) is 4.79 Å².